The molecule has 0 bridgehead atoms. The van der Waals surface area contributed by atoms with Gasteiger partial charge in [-0.2, -0.15) is 0 Å². The minimum Gasteiger partial charge on any atom is -0.384 e. The van der Waals surface area contributed by atoms with Gasteiger partial charge in [0.2, 0.25) is 0 Å². The molecule has 3 nitrogen and oxygen atoms in total. The third kappa shape index (κ3) is 4.96. The summed E-state index contributed by atoms with van der Waals surface area (Å²) in [6.45, 7) is 6.31. The molecule has 0 atom stereocenters. The van der Waals surface area contributed by atoms with Crippen LogP contribution in [0.2, 0.25) is 0 Å². The first-order valence-corrected chi connectivity index (χ1v) is 6.01. The average molecular weight is 214 g/mol. The Morgan fingerprint density at radius 1 is 1.27 bits per heavy atom. The van der Waals surface area contributed by atoms with E-state index in [2.05, 4.69) is 19.2 Å². The molecule has 0 radical (unpaired) electrons. The van der Waals surface area contributed by atoms with Gasteiger partial charge in [-0.3, -0.25) is 0 Å². The fourth-order valence-corrected chi connectivity index (χ4v) is 2.19. The van der Waals surface area contributed by atoms with Crippen LogP contribution in [0.3, 0.4) is 0 Å². The highest BCUT2D eigenvalue weighted by atomic mass is 16.5. The van der Waals surface area contributed by atoms with Crippen LogP contribution >= 0.6 is 0 Å². The van der Waals surface area contributed by atoms with Crippen LogP contribution in [-0.2, 0) is 4.74 Å². The van der Waals surface area contributed by atoms with Gasteiger partial charge in [-0.05, 0) is 25.7 Å². The van der Waals surface area contributed by atoms with Crippen molar-refractivity contribution in [3.8, 4) is 0 Å². The lowest BCUT2D eigenvalue weighted by Gasteiger charge is -2.31. The van der Waals surface area contributed by atoms with E-state index in [4.69, 9.17) is 10.5 Å². The van der Waals surface area contributed by atoms with Gasteiger partial charge in [-0.25, -0.2) is 0 Å². The first-order chi connectivity index (χ1) is 7.03. The molecule has 0 heterocycles. The monoisotopic (exact) mass is 214 g/mol. The molecular formula is C12H26N2O. The van der Waals surface area contributed by atoms with E-state index in [9.17, 15) is 0 Å². The largest absolute Gasteiger partial charge is 0.384 e. The van der Waals surface area contributed by atoms with Crippen LogP contribution in [0.15, 0.2) is 0 Å². The van der Waals surface area contributed by atoms with E-state index in [0.29, 0.717) is 12.1 Å². The first-order valence-electron chi connectivity index (χ1n) is 6.01. The summed E-state index contributed by atoms with van der Waals surface area (Å²) in [6.07, 6.45) is 4.79. The fourth-order valence-electron chi connectivity index (χ4n) is 2.19. The molecule has 1 rings (SSSR count). The number of methoxy groups -OCH3 is 1. The maximum Gasteiger partial charge on any atom is 0.0525 e. The van der Waals surface area contributed by atoms with Crippen LogP contribution in [0.25, 0.3) is 0 Å². The van der Waals surface area contributed by atoms with Crippen molar-refractivity contribution in [3.63, 3.8) is 0 Å². The zero-order valence-electron chi connectivity index (χ0n) is 10.4. The molecule has 0 amide bonds. The summed E-state index contributed by atoms with van der Waals surface area (Å²) in [7, 11) is 1.77. The van der Waals surface area contributed by atoms with Crippen molar-refractivity contribution in [1.29, 1.82) is 0 Å². The summed E-state index contributed by atoms with van der Waals surface area (Å²) in [5, 5.41) is 3.63. The summed E-state index contributed by atoms with van der Waals surface area (Å²) >= 11 is 0. The maximum absolute atomic E-state index is 5.88. The molecule has 1 aliphatic carbocycles. The second-order valence-corrected chi connectivity index (χ2v) is 5.59. The normalized spacial score (nSPS) is 28.0. The Balaban J connectivity index is 2.19. The molecule has 1 fully saturated rings. The van der Waals surface area contributed by atoms with Crippen molar-refractivity contribution in [1.82, 2.24) is 5.32 Å². The van der Waals surface area contributed by atoms with Crippen LogP contribution < -0.4 is 11.1 Å². The third-order valence-corrected chi connectivity index (χ3v) is 3.18. The van der Waals surface area contributed by atoms with Gasteiger partial charge in [-0.15, -0.1) is 0 Å². The van der Waals surface area contributed by atoms with Gasteiger partial charge in [0.1, 0.15) is 0 Å². The molecule has 0 unspecified atom stereocenters. The lowest BCUT2D eigenvalue weighted by Crippen LogP contribution is -2.42. The second-order valence-electron chi connectivity index (χ2n) is 5.59. The van der Waals surface area contributed by atoms with Crippen LogP contribution in [0.4, 0.5) is 0 Å². The number of hydrogen-bond donors (Lipinski definition) is 2. The molecule has 0 aliphatic heterocycles. The highest BCUT2D eigenvalue weighted by Gasteiger charge is 2.22. The minimum atomic E-state index is 0.230. The van der Waals surface area contributed by atoms with Crippen LogP contribution in [0, 0.1) is 5.41 Å². The van der Waals surface area contributed by atoms with E-state index >= 15 is 0 Å². The molecule has 90 valence electrons. The Morgan fingerprint density at radius 2 is 1.87 bits per heavy atom. The Kier molecular flexibility index (Phi) is 5.03. The molecule has 1 saturated carbocycles. The predicted octanol–water partition coefficient (Wildman–Crippen LogP) is 1.52. The van der Waals surface area contributed by atoms with Crippen molar-refractivity contribution < 1.29 is 4.74 Å². The highest BCUT2D eigenvalue weighted by Crippen LogP contribution is 2.19. The summed E-state index contributed by atoms with van der Waals surface area (Å²) < 4.78 is 5.20. The number of nitrogens with one attached hydrogen (secondary N) is 1. The molecule has 15 heavy (non-hydrogen) atoms. The smallest absolute Gasteiger partial charge is 0.0525 e. The quantitative estimate of drug-likeness (QED) is 0.729. The SMILES string of the molecule is COCC(C)(C)CNC1CCC(N)CC1. The molecule has 1 aliphatic rings. The number of ether oxygens (including phenoxy) is 1. The van der Waals surface area contributed by atoms with E-state index in [0.717, 1.165) is 13.2 Å². The fraction of sp³-hybridized carbons (Fsp3) is 1.00. The molecule has 3 N–H and O–H groups in total. The van der Waals surface area contributed by atoms with E-state index in [1.165, 1.54) is 25.7 Å². The summed E-state index contributed by atoms with van der Waals surface area (Å²) in [5.74, 6) is 0. The number of nitrogens with two attached hydrogens (primary N) is 1. The lowest BCUT2D eigenvalue weighted by atomic mass is 9.89. The molecule has 0 spiro atoms. The van der Waals surface area contributed by atoms with Crippen molar-refractivity contribution in [2.24, 2.45) is 11.1 Å². The summed E-state index contributed by atoms with van der Waals surface area (Å²) in [6, 6.07) is 1.11. The Labute approximate surface area is 93.8 Å². The van der Waals surface area contributed by atoms with Gasteiger partial charge >= 0.3 is 0 Å². The topological polar surface area (TPSA) is 47.3 Å². The second kappa shape index (κ2) is 5.83. The van der Waals surface area contributed by atoms with Crippen LogP contribution in [0.1, 0.15) is 39.5 Å². The van der Waals surface area contributed by atoms with E-state index in [1.54, 1.807) is 7.11 Å². The first kappa shape index (κ1) is 12.9. The van der Waals surface area contributed by atoms with Gasteiger partial charge in [-0.1, -0.05) is 13.8 Å². The molecular weight excluding hydrogens is 188 g/mol. The highest BCUT2D eigenvalue weighted by molar-refractivity contribution is 4.81. The molecule has 0 saturated heterocycles. The zero-order valence-corrected chi connectivity index (χ0v) is 10.4. The Morgan fingerprint density at radius 3 is 2.40 bits per heavy atom. The standard InChI is InChI=1S/C12H26N2O/c1-12(2,9-15-3)8-14-11-6-4-10(13)5-7-11/h10-11,14H,4-9,13H2,1-3H3. The van der Waals surface area contributed by atoms with Crippen LogP contribution in [-0.4, -0.2) is 32.3 Å². The minimum absolute atomic E-state index is 0.230. The van der Waals surface area contributed by atoms with E-state index < -0.39 is 0 Å². The summed E-state index contributed by atoms with van der Waals surface area (Å²) in [5.41, 5.74) is 6.11. The summed E-state index contributed by atoms with van der Waals surface area (Å²) in [4.78, 5) is 0. The van der Waals surface area contributed by atoms with Gasteiger partial charge < -0.3 is 15.8 Å². The van der Waals surface area contributed by atoms with Gasteiger partial charge in [0.05, 0.1) is 6.61 Å². The van der Waals surface area contributed by atoms with E-state index in [1.807, 2.05) is 0 Å². The number of rotatable bonds is 5. The van der Waals surface area contributed by atoms with Gasteiger partial charge in [0, 0.05) is 31.2 Å². The zero-order chi connectivity index (χ0) is 11.3. The Bertz CT molecular complexity index is 174. The van der Waals surface area contributed by atoms with Crippen molar-refractivity contribution in [2.45, 2.75) is 51.6 Å². The molecule has 0 aromatic heterocycles. The maximum atomic E-state index is 5.88. The number of hydrogen-bond acceptors (Lipinski definition) is 3. The van der Waals surface area contributed by atoms with Crippen LogP contribution in [0.5, 0.6) is 0 Å². The molecule has 3 heteroatoms. The van der Waals surface area contributed by atoms with Gasteiger partial charge in [0.25, 0.3) is 0 Å². The lowest BCUT2D eigenvalue weighted by molar-refractivity contribution is 0.0995. The van der Waals surface area contributed by atoms with E-state index in [-0.39, 0.29) is 5.41 Å². The predicted molar refractivity (Wildman–Crippen MR) is 63.9 cm³/mol. The Hall–Kier alpha value is -0.120. The third-order valence-electron chi connectivity index (χ3n) is 3.18. The van der Waals surface area contributed by atoms with Crippen molar-refractivity contribution in [2.75, 3.05) is 20.3 Å². The molecule has 0 aromatic carbocycles. The van der Waals surface area contributed by atoms with Crippen molar-refractivity contribution in [3.05, 3.63) is 0 Å². The average Bonchev–Trinajstić information content (AvgIpc) is 2.17. The van der Waals surface area contributed by atoms with Gasteiger partial charge in [0.15, 0.2) is 0 Å². The molecule has 0 aromatic rings. The van der Waals surface area contributed by atoms with Crippen molar-refractivity contribution >= 4 is 0 Å².